The molecule has 1 rings (SSSR count). The minimum Gasteiger partial charge on any atom is -0.507 e. The van der Waals surface area contributed by atoms with Crippen LogP contribution in [0.3, 0.4) is 0 Å². The summed E-state index contributed by atoms with van der Waals surface area (Å²) in [5, 5.41) is 10.4. The van der Waals surface area contributed by atoms with Gasteiger partial charge in [-0.15, -0.1) is 0 Å². The Morgan fingerprint density at radius 1 is 0.824 bits per heavy atom. The molecular weight excluding hydrogens is 208 g/mol. The number of aryl methyl sites for hydroxylation is 2. The lowest BCUT2D eigenvalue weighted by Gasteiger charge is -2.17. The lowest BCUT2D eigenvalue weighted by molar-refractivity contribution is 0.458. The quantitative estimate of drug-likeness (QED) is 0.772. The largest absolute Gasteiger partial charge is 0.507 e. The van der Waals surface area contributed by atoms with Gasteiger partial charge in [0.1, 0.15) is 5.75 Å². The third-order valence-electron chi connectivity index (χ3n) is 3.45. The zero-order valence-electron chi connectivity index (χ0n) is 11.8. The van der Waals surface area contributed by atoms with Crippen molar-refractivity contribution in [2.45, 2.75) is 66.2 Å². The summed E-state index contributed by atoms with van der Waals surface area (Å²) in [6, 6.07) is 2.33. The van der Waals surface area contributed by atoms with Crippen molar-refractivity contribution >= 4 is 0 Å². The molecule has 0 amide bonds. The number of hydrogen-bond donors (Lipinski definition) is 1. The third kappa shape index (κ3) is 3.02. The molecule has 0 atom stereocenters. The predicted octanol–water partition coefficient (Wildman–Crippen LogP) is 4.42. The summed E-state index contributed by atoms with van der Waals surface area (Å²) in [5.74, 6) is 0.581. The average Bonchev–Trinajstić information content (AvgIpc) is 2.33. The fraction of sp³-hybridized carbons (Fsp3) is 0.625. The van der Waals surface area contributed by atoms with E-state index in [-0.39, 0.29) is 0 Å². The van der Waals surface area contributed by atoms with Crippen LogP contribution in [0.2, 0.25) is 0 Å². The Morgan fingerprint density at radius 3 is 1.94 bits per heavy atom. The van der Waals surface area contributed by atoms with Crippen molar-refractivity contribution in [3.05, 3.63) is 28.3 Å². The minimum absolute atomic E-state index is 0.581. The molecular formula is C16H26O. The second kappa shape index (κ2) is 6.68. The van der Waals surface area contributed by atoms with E-state index < -0.39 is 0 Å². The van der Waals surface area contributed by atoms with Gasteiger partial charge in [0.05, 0.1) is 0 Å². The standard InChI is InChI=1S/C16H26O/c1-5-9-13-11-12(7-3)15(10-6-2)16(17)14(13)8-4/h11,17H,5-10H2,1-4H3. The first kappa shape index (κ1) is 14.1. The molecule has 1 N–H and O–H groups in total. The molecule has 0 unspecified atom stereocenters. The fourth-order valence-electron chi connectivity index (χ4n) is 2.60. The number of benzene rings is 1. The van der Waals surface area contributed by atoms with Crippen LogP contribution in [0.5, 0.6) is 5.75 Å². The van der Waals surface area contributed by atoms with Crippen LogP contribution in [0.4, 0.5) is 0 Å². The molecule has 0 saturated heterocycles. The normalized spacial score (nSPS) is 10.8. The van der Waals surface area contributed by atoms with Crippen LogP contribution in [-0.2, 0) is 25.7 Å². The predicted molar refractivity (Wildman–Crippen MR) is 74.9 cm³/mol. The molecule has 1 aromatic rings. The highest BCUT2D eigenvalue weighted by Gasteiger charge is 2.14. The Kier molecular flexibility index (Phi) is 5.54. The molecule has 1 nitrogen and oxygen atoms in total. The van der Waals surface area contributed by atoms with Gasteiger partial charge in [0.25, 0.3) is 0 Å². The van der Waals surface area contributed by atoms with Crippen LogP contribution in [0.25, 0.3) is 0 Å². The van der Waals surface area contributed by atoms with E-state index in [0.29, 0.717) is 5.75 Å². The van der Waals surface area contributed by atoms with Gasteiger partial charge in [0.15, 0.2) is 0 Å². The van der Waals surface area contributed by atoms with Crippen molar-refractivity contribution in [2.24, 2.45) is 0 Å². The Labute approximate surface area is 106 Å². The summed E-state index contributed by atoms with van der Waals surface area (Å²) in [5.41, 5.74) is 5.05. The second-order valence-electron chi connectivity index (χ2n) is 4.71. The Balaban J connectivity index is 3.32. The number of aromatic hydroxyl groups is 1. The SMILES string of the molecule is CCCc1cc(CC)c(CCC)c(O)c1CC. The Morgan fingerprint density at radius 2 is 1.47 bits per heavy atom. The highest BCUT2D eigenvalue weighted by atomic mass is 16.3. The van der Waals surface area contributed by atoms with E-state index in [2.05, 4.69) is 33.8 Å². The van der Waals surface area contributed by atoms with Crippen LogP contribution in [0.15, 0.2) is 6.07 Å². The minimum atomic E-state index is 0.581. The van der Waals surface area contributed by atoms with Gasteiger partial charge in [0, 0.05) is 0 Å². The molecule has 0 aromatic heterocycles. The molecule has 0 heterocycles. The van der Waals surface area contributed by atoms with E-state index in [9.17, 15) is 5.11 Å². The van der Waals surface area contributed by atoms with Crippen LogP contribution in [0, 0.1) is 0 Å². The van der Waals surface area contributed by atoms with Crippen molar-refractivity contribution in [3.63, 3.8) is 0 Å². The van der Waals surface area contributed by atoms with Gasteiger partial charge in [-0.3, -0.25) is 0 Å². The Hall–Kier alpha value is -0.980. The highest BCUT2D eigenvalue weighted by molar-refractivity contribution is 5.50. The number of phenols is 1. The first-order valence-corrected chi connectivity index (χ1v) is 7.04. The Bertz CT molecular complexity index is 366. The van der Waals surface area contributed by atoms with Crippen molar-refractivity contribution in [1.29, 1.82) is 0 Å². The van der Waals surface area contributed by atoms with Crippen LogP contribution >= 0.6 is 0 Å². The van der Waals surface area contributed by atoms with Gasteiger partial charge < -0.3 is 5.11 Å². The zero-order chi connectivity index (χ0) is 12.8. The molecule has 0 aliphatic carbocycles. The van der Waals surface area contributed by atoms with E-state index >= 15 is 0 Å². The van der Waals surface area contributed by atoms with E-state index in [4.69, 9.17) is 0 Å². The van der Waals surface area contributed by atoms with Gasteiger partial charge in [-0.05, 0) is 47.9 Å². The molecule has 0 aliphatic heterocycles. The molecule has 0 fully saturated rings. The van der Waals surface area contributed by atoms with Crippen molar-refractivity contribution < 1.29 is 5.11 Å². The van der Waals surface area contributed by atoms with Gasteiger partial charge in [-0.2, -0.15) is 0 Å². The van der Waals surface area contributed by atoms with Crippen molar-refractivity contribution in [3.8, 4) is 5.75 Å². The molecule has 0 radical (unpaired) electrons. The molecule has 0 spiro atoms. The third-order valence-corrected chi connectivity index (χ3v) is 3.45. The lowest BCUT2D eigenvalue weighted by Crippen LogP contribution is -2.02. The van der Waals surface area contributed by atoms with Gasteiger partial charge >= 0.3 is 0 Å². The number of hydrogen-bond acceptors (Lipinski definition) is 1. The monoisotopic (exact) mass is 234 g/mol. The van der Waals surface area contributed by atoms with E-state index in [1.165, 1.54) is 22.3 Å². The lowest BCUT2D eigenvalue weighted by atomic mass is 9.90. The fourth-order valence-corrected chi connectivity index (χ4v) is 2.60. The number of rotatable bonds is 6. The smallest absolute Gasteiger partial charge is 0.122 e. The van der Waals surface area contributed by atoms with Crippen LogP contribution in [0.1, 0.15) is 62.8 Å². The maximum Gasteiger partial charge on any atom is 0.122 e. The highest BCUT2D eigenvalue weighted by Crippen LogP contribution is 2.32. The molecule has 96 valence electrons. The second-order valence-corrected chi connectivity index (χ2v) is 4.71. The molecule has 0 saturated carbocycles. The van der Waals surface area contributed by atoms with Crippen LogP contribution < -0.4 is 0 Å². The summed E-state index contributed by atoms with van der Waals surface area (Å²) in [4.78, 5) is 0. The van der Waals surface area contributed by atoms with Gasteiger partial charge in [-0.25, -0.2) is 0 Å². The zero-order valence-corrected chi connectivity index (χ0v) is 11.8. The first-order chi connectivity index (χ1) is 8.19. The maximum absolute atomic E-state index is 10.4. The van der Waals surface area contributed by atoms with Gasteiger partial charge in [-0.1, -0.05) is 46.6 Å². The summed E-state index contributed by atoms with van der Waals surface area (Å²) >= 11 is 0. The topological polar surface area (TPSA) is 20.2 Å². The summed E-state index contributed by atoms with van der Waals surface area (Å²) in [6.45, 7) is 8.68. The maximum atomic E-state index is 10.4. The molecule has 1 aromatic carbocycles. The van der Waals surface area contributed by atoms with Crippen molar-refractivity contribution in [1.82, 2.24) is 0 Å². The average molecular weight is 234 g/mol. The number of phenolic OH excluding ortho intramolecular Hbond substituents is 1. The van der Waals surface area contributed by atoms with Crippen LogP contribution in [-0.4, -0.2) is 5.11 Å². The molecule has 0 aliphatic rings. The molecule has 1 heteroatoms. The van der Waals surface area contributed by atoms with E-state index in [1.54, 1.807) is 0 Å². The van der Waals surface area contributed by atoms with Gasteiger partial charge in [0.2, 0.25) is 0 Å². The summed E-state index contributed by atoms with van der Waals surface area (Å²) in [7, 11) is 0. The van der Waals surface area contributed by atoms with E-state index in [1.807, 2.05) is 0 Å². The van der Waals surface area contributed by atoms with E-state index in [0.717, 1.165) is 38.5 Å². The first-order valence-electron chi connectivity index (χ1n) is 7.04. The summed E-state index contributed by atoms with van der Waals surface area (Å²) in [6.07, 6.45) is 6.26. The molecule has 0 bridgehead atoms. The van der Waals surface area contributed by atoms with Crippen molar-refractivity contribution in [2.75, 3.05) is 0 Å². The molecule has 17 heavy (non-hydrogen) atoms. The summed E-state index contributed by atoms with van der Waals surface area (Å²) < 4.78 is 0.